The summed E-state index contributed by atoms with van der Waals surface area (Å²) in [6.07, 6.45) is 2.45. The average Bonchev–Trinajstić information content (AvgIpc) is 2.20. The predicted molar refractivity (Wildman–Crippen MR) is 52.6 cm³/mol. The average molecular weight is 427 g/mol. The fraction of sp³-hybridized carbons (Fsp3) is 0.182. The van der Waals surface area contributed by atoms with Gasteiger partial charge in [-0.3, -0.25) is 0 Å². The van der Waals surface area contributed by atoms with Gasteiger partial charge in [0.25, 0.3) is 0 Å². The van der Waals surface area contributed by atoms with Crippen molar-refractivity contribution in [3.05, 3.63) is 40.2 Å². The van der Waals surface area contributed by atoms with E-state index in [1.54, 1.807) is 19.2 Å². The first-order chi connectivity index (χ1) is 6.74. The van der Waals surface area contributed by atoms with Crippen LogP contribution in [-0.2, 0) is 0 Å². The Balaban J connectivity index is 0.00000112. The molecule has 76 valence electrons. The summed E-state index contributed by atoms with van der Waals surface area (Å²) in [6, 6.07) is 4.74. The van der Waals surface area contributed by atoms with Crippen molar-refractivity contribution in [2.24, 2.45) is 0 Å². The molecule has 0 aliphatic heterocycles. The van der Waals surface area contributed by atoms with Crippen LogP contribution in [0.2, 0.25) is 0 Å². The van der Waals surface area contributed by atoms with Crippen molar-refractivity contribution in [2.75, 3.05) is 7.11 Å². The van der Waals surface area contributed by atoms with Crippen LogP contribution in [0.1, 0.15) is 5.56 Å². The van der Waals surface area contributed by atoms with Gasteiger partial charge in [-0.25, -0.2) is 0 Å². The monoisotopic (exact) mass is 427 g/mol. The molecule has 2 aromatic rings. The van der Waals surface area contributed by atoms with Gasteiger partial charge in [0, 0.05) is 36.7 Å². The largest absolute Gasteiger partial charge is 0.580 e. The third kappa shape index (κ3) is 2.11. The minimum absolute atomic E-state index is 0. The van der Waals surface area contributed by atoms with Crippen molar-refractivity contribution in [2.45, 2.75) is 6.92 Å². The minimum atomic E-state index is -0.0861. The number of benzene rings is 1. The predicted octanol–water partition coefficient (Wildman–Crippen LogP) is 1.91. The van der Waals surface area contributed by atoms with Crippen LogP contribution in [0.5, 0.6) is 5.75 Å². The molecule has 2 rings (SSSR count). The van der Waals surface area contributed by atoms with Gasteiger partial charge < -0.3 is 13.9 Å². The van der Waals surface area contributed by atoms with Gasteiger partial charge in [0.05, 0.1) is 12.5 Å². The molecule has 0 aliphatic carbocycles. The number of hydrogen-bond donors (Lipinski definition) is 0. The van der Waals surface area contributed by atoms with Crippen LogP contribution in [0.4, 0.5) is 0 Å². The molecule has 0 bridgehead atoms. The number of methoxy groups -OCH3 is 1. The molecule has 0 saturated heterocycles. The molecular formula is C11H9O3U-. The Hall–Kier alpha value is -0.718. The first-order valence-corrected chi connectivity index (χ1v) is 4.21. The summed E-state index contributed by atoms with van der Waals surface area (Å²) in [6.45, 7) is 1.85. The van der Waals surface area contributed by atoms with E-state index in [0.717, 1.165) is 5.56 Å². The summed E-state index contributed by atoms with van der Waals surface area (Å²) in [5, 5.41) is 0.557. The Morgan fingerprint density at radius 3 is 2.80 bits per heavy atom. The fourth-order valence-electron chi connectivity index (χ4n) is 1.44. The number of hydrogen-bond acceptors (Lipinski definition) is 3. The van der Waals surface area contributed by atoms with E-state index in [4.69, 9.17) is 9.15 Å². The molecule has 1 aromatic heterocycles. The zero-order valence-electron chi connectivity index (χ0n) is 8.46. The first-order valence-electron chi connectivity index (χ1n) is 4.21. The third-order valence-corrected chi connectivity index (χ3v) is 2.19. The van der Waals surface area contributed by atoms with E-state index in [2.05, 4.69) is 6.26 Å². The van der Waals surface area contributed by atoms with Crippen molar-refractivity contribution in [3.8, 4) is 5.75 Å². The molecule has 0 amide bonds. The second-order valence-corrected chi connectivity index (χ2v) is 3.00. The van der Waals surface area contributed by atoms with E-state index < -0.39 is 0 Å². The Morgan fingerprint density at radius 1 is 1.40 bits per heavy atom. The first kappa shape index (κ1) is 12.4. The molecule has 3 nitrogen and oxygen atoms in total. The molecule has 0 spiro atoms. The van der Waals surface area contributed by atoms with Crippen LogP contribution < -0.4 is 10.2 Å². The molecule has 1 aromatic carbocycles. The van der Waals surface area contributed by atoms with E-state index in [-0.39, 0.29) is 36.5 Å². The Labute approximate surface area is 111 Å². The number of ether oxygens (including phenoxy) is 1. The quantitative estimate of drug-likeness (QED) is 0.654. The van der Waals surface area contributed by atoms with Crippen molar-refractivity contribution >= 4 is 11.0 Å². The number of aryl methyl sites for hydroxylation is 1. The molecule has 0 atom stereocenters. The molecule has 15 heavy (non-hydrogen) atoms. The normalized spacial score (nSPS) is 9.73. The van der Waals surface area contributed by atoms with Gasteiger partial charge in [-0.15, -0.1) is 0 Å². The second-order valence-electron chi connectivity index (χ2n) is 3.00. The van der Waals surface area contributed by atoms with E-state index in [9.17, 15) is 4.79 Å². The standard InChI is InChI=1S/C11H9O3.U/c1-7-10(13-2)4-3-8-9(12)5-6-14-11(7)8;/h3-5H,1-2H3;/q-1;. The smallest absolute Gasteiger partial charge is 0.113 e. The van der Waals surface area contributed by atoms with E-state index in [1.807, 2.05) is 6.92 Å². The topological polar surface area (TPSA) is 39.4 Å². The van der Waals surface area contributed by atoms with Crippen LogP contribution in [0.3, 0.4) is 0 Å². The van der Waals surface area contributed by atoms with Gasteiger partial charge in [0.2, 0.25) is 0 Å². The molecule has 0 aliphatic rings. The summed E-state index contributed by atoms with van der Waals surface area (Å²) < 4.78 is 10.3. The van der Waals surface area contributed by atoms with Crippen molar-refractivity contribution < 1.29 is 40.3 Å². The van der Waals surface area contributed by atoms with Gasteiger partial charge in [0.15, 0.2) is 0 Å². The second kappa shape index (κ2) is 4.87. The molecule has 0 saturated carbocycles. The maximum atomic E-state index is 11.4. The van der Waals surface area contributed by atoms with Crippen molar-refractivity contribution in [1.29, 1.82) is 0 Å². The third-order valence-electron chi connectivity index (χ3n) is 2.19. The Morgan fingerprint density at radius 2 is 2.13 bits per heavy atom. The maximum absolute atomic E-state index is 11.4. The zero-order valence-corrected chi connectivity index (χ0v) is 12.6. The Kier molecular flexibility index (Phi) is 4.01. The number of rotatable bonds is 1. The molecule has 1 heterocycles. The Bertz CT molecular complexity index is 531. The number of fused-ring (bicyclic) bond motifs is 1. The van der Waals surface area contributed by atoms with E-state index in [0.29, 0.717) is 16.7 Å². The molecule has 0 radical (unpaired) electrons. The van der Waals surface area contributed by atoms with E-state index in [1.165, 1.54) is 6.07 Å². The van der Waals surface area contributed by atoms with Gasteiger partial charge in [0.1, 0.15) is 5.75 Å². The SMILES string of the molecule is COc1ccc2c(=O)c[c-]oc2c1C.[U]. The zero-order chi connectivity index (χ0) is 10.1. The molecular weight excluding hydrogens is 418 g/mol. The summed E-state index contributed by atoms with van der Waals surface area (Å²) in [4.78, 5) is 11.4. The summed E-state index contributed by atoms with van der Waals surface area (Å²) in [5.74, 6) is 0.709. The van der Waals surface area contributed by atoms with Gasteiger partial charge in [-0.05, 0) is 30.2 Å². The van der Waals surface area contributed by atoms with E-state index >= 15 is 0 Å². The van der Waals surface area contributed by atoms with Crippen LogP contribution in [0, 0.1) is 44.3 Å². The minimum Gasteiger partial charge on any atom is -0.580 e. The van der Waals surface area contributed by atoms with Crippen LogP contribution in [-0.4, -0.2) is 7.11 Å². The van der Waals surface area contributed by atoms with Crippen LogP contribution >= 0.6 is 0 Å². The van der Waals surface area contributed by atoms with Gasteiger partial charge in [-0.2, -0.15) is 0 Å². The molecule has 4 heteroatoms. The summed E-state index contributed by atoms with van der Waals surface area (Å²) >= 11 is 0. The molecule has 0 unspecified atom stereocenters. The fourth-order valence-corrected chi connectivity index (χ4v) is 1.44. The van der Waals surface area contributed by atoms with Crippen molar-refractivity contribution in [3.63, 3.8) is 0 Å². The van der Waals surface area contributed by atoms with Gasteiger partial charge >= 0.3 is 0 Å². The van der Waals surface area contributed by atoms with Gasteiger partial charge in [-0.1, -0.05) is 12.1 Å². The molecule has 0 fully saturated rings. The summed E-state index contributed by atoms with van der Waals surface area (Å²) in [5.41, 5.74) is 1.27. The summed E-state index contributed by atoms with van der Waals surface area (Å²) in [7, 11) is 1.58. The van der Waals surface area contributed by atoms with Crippen molar-refractivity contribution in [1.82, 2.24) is 0 Å². The molecule has 0 N–H and O–H groups in total. The van der Waals surface area contributed by atoms with Crippen LogP contribution in [0.25, 0.3) is 11.0 Å². The van der Waals surface area contributed by atoms with Crippen LogP contribution in [0.15, 0.2) is 27.4 Å². The maximum Gasteiger partial charge on any atom is 0.113 e.